The molecule has 3 rings (SSSR count). The molecule has 0 fully saturated rings. The number of hydrogen-bond donors (Lipinski definition) is 1. The van der Waals surface area contributed by atoms with Gasteiger partial charge in [0, 0.05) is 15.2 Å². The van der Waals surface area contributed by atoms with Crippen LogP contribution in [0.1, 0.15) is 11.1 Å². The van der Waals surface area contributed by atoms with Crippen molar-refractivity contribution < 1.29 is 5.11 Å². The number of aromatic nitrogens is 1. The summed E-state index contributed by atoms with van der Waals surface area (Å²) in [7, 11) is 0. The summed E-state index contributed by atoms with van der Waals surface area (Å²) in [6.07, 6.45) is 2.01. The molecule has 2 nitrogen and oxygen atoms in total. The maximum absolute atomic E-state index is 10.4. The molecule has 0 saturated carbocycles. The van der Waals surface area contributed by atoms with Crippen LogP contribution in [0.5, 0.6) is 5.88 Å². The van der Waals surface area contributed by atoms with Gasteiger partial charge in [0.15, 0.2) is 5.88 Å². The van der Waals surface area contributed by atoms with Gasteiger partial charge in [-0.2, -0.15) is 0 Å². The SMILES string of the molecule is Cc1cccc(Cn2cc3cccc(I)c3c2O)c1. The number of fused-ring (bicyclic) bond motifs is 1. The molecule has 19 heavy (non-hydrogen) atoms. The summed E-state index contributed by atoms with van der Waals surface area (Å²) >= 11 is 2.26. The van der Waals surface area contributed by atoms with Crippen LogP contribution in [0.15, 0.2) is 48.7 Å². The minimum atomic E-state index is 0.349. The highest BCUT2D eigenvalue weighted by Crippen LogP contribution is 2.31. The number of hydrogen-bond acceptors (Lipinski definition) is 1. The monoisotopic (exact) mass is 363 g/mol. The molecule has 2 aromatic carbocycles. The second-order valence-corrected chi connectivity index (χ2v) is 5.94. The van der Waals surface area contributed by atoms with Gasteiger partial charge < -0.3 is 9.67 Å². The van der Waals surface area contributed by atoms with Gasteiger partial charge in [-0.05, 0) is 41.1 Å². The number of nitrogens with zero attached hydrogens (tertiary/aromatic N) is 1. The molecule has 1 N–H and O–H groups in total. The van der Waals surface area contributed by atoms with Gasteiger partial charge >= 0.3 is 0 Å². The molecule has 0 aliphatic rings. The zero-order valence-corrected chi connectivity index (χ0v) is 12.8. The Morgan fingerprint density at radius 2 is 1.95 bits per heavy atom. The van der Waals surface area contributed by atoms with Crippen molar-refractivity contribution >= 4 is 33.4 Å². The van der Waals surface area contributed by atoms with Crippen LogP contribution in [0.4, 0.5) is 0 Å². The molecule has 0 unspecified atom stereocenters. The van der Waals surface area contributed by atoms with E-state index in [9.17, 15) is 5.11 Å². The van der Waals surface area contributed by atoms with Crippen LogP contribution in [-0.2, 0) is 6.54 Å². The number of benzene rings is 2. The van der Waals surface area contributed by atoms with Crippen LogP contribution in [0, 0.1) is 10.5 Å². The zero-order valence-electron chi connectivity index (χ0n) is 10.6. The fourth-order valence-corrected chi connectivity index (χ4v) is 3.14. The van der Waals surface area contributed by atoms with Gasteiger partial charge in [-0.15, -0.1) is 0 Å². The van der Waals surface area contributed by atoms with E-state index in [2.05, 4.69) is 53.8 Å². The average Bonchev–Trinajstić information content (AvgIpc) is 2.68. The topological polar surface area (TPSA) is 25.2 Å². The molecule has 3 aromatic rings. The van der Waals surface area contributed by atoms with Crippen molar-refractivity contribution in [3.8, 4) is 5.88 Å². The van der Waals surface area contributed by atoms with Crippen molar-refractivity contribution in [2.24, 2.45) is 0 Å². The number of aryl methyl sites for hydroxylation is 1. The van der Waals surface area contributed by atoms with E-state index >= 15 is 0 Å². The van der Waals surface area contributed by atoms with Crippen LogP contribution in [0.25, 0.3) is 10.8 Å². The van der Waals surface area contributed by atoms with Crippen LogP contribution < -0.4 is 0 Å². The molecule has 0 spiro atoms. The van der Waals surface area contributed by atoms with Crippen molar-refractivity contribution in [3.63, 3.8) is 0 Å². The molecule has 0 bridgehead atoms. The fraction of sp³-hybridized carbons (Fsp3) is 0.125. The molecule has 0 saturated heterocycles. The Labute approximate surface area is 125 Å². The molecule has 0 atom stereocenters. The Hall–Kier alpha value is -1.49. The first-order valence-electron chi connectivity index (χ1n) is 6.17. The first-order valence-corrected chi connectivity index (χ1v) is 7.25. The Balaban J connectivity index is 2.06. The maximum atomic E-state index is 10.4. The summed E-state index contributed by atoms with van der Waals surface area (Å²) < 4.78 is 2.98. The largest absolute Gasteiger partial charge is 0.494 e. The molecule has 0 aliphatic heterocycles. The third-order valence-corrected chi connectivity index (χ3v) is 4.17. The lowest BCUT2D eigenvalue weighted by molar-refractivity contribution is 0.430. The Morgan fingerprint density at radius 1 is 1.16 bits per heavy atom. The smallest absolute Gasteiger partial charge is 0.200 e. The lowest BCUT2D eigenvalue weighted by atomic mass is 10.1. The minimum Gasteiger partial charge on any atom is -0.494 e. The van der Waals surface area contributed by atoms with Gasteiger partial charge in [0.1, 0.15) is 0 Å². The lowest BCUT2D eigenvalue weighted by Gasteiger charge is -2.06. The number of rotatable bonds is 2. The molecule has 96 valence electrons. The van der Waals surface area contributed by atoms with E-state index in [1.165, 1.54) is 11.1 Å². The van der Waals surface area contributed by atoms with Crippen molar-refractivity contribution in [3.05, 3.63) is 63.4 Å². The summed E-state index contributed by atoms with van der Waals surface area (Å²) in [6, 6.07) is 14.4. The standard InChI is InChI=1S/C16H14INO/c1-11-4-2-5-12(8-11)9-18-10-13-6-3-7-14(17)15(13)16(18)19/h2-8,10,19H,9H2,1H3. The number of aromatic hydroxyl groups is 1. The molecule has 0 amide bonds. The Morgan fingerprint density at radius 3 is 2.68 bits per heavy atom. The maximum Gasteiger partial charge on any atom is 0.200 e. The van der Waals surface area contributed by atoms with Gasteiger partial charge in [0.05, 0.1) is 11.9 Å². The summed E-state index contributed by atoms with van der Waals surface area (Å²) in [4.78, 5) is 0. The second-order valence-electron chi connectivity index (χ2n) is 4.77. The van der Waals surface area contributed by atoms with Gasteiger partial charge in [0.25, 0.3) is 0 Å². The van der Waals surface area contributed by atoms with Crippen LogP contribution in [0.2, 0.25) is 0 Å². The Kier molecular flexibility index (Phi) is 3.22. The molecule has 0 aliphatic carbocycles. The van der Waals surface area contributed by atoms with Crippen molar-refractivity contribution in [1.29, 1.82) is 0 Å². The second kappa shape index (κ2) is 4.89. The highest BCUT2D eigenvalue weighted by Gasteiger charge is 2.10. The fourth-order valence-electron chi connectivity index (χ4n) is 2.38. The first-order chi connectivity index (χ1) is 9.15. The van der Waals surface area contributed by atoms with E-state index < -0.39 is 0 Å². The van der Waals surface area contributed by atoms with E-state index in [-0.39, 0.29) is 0 Å². The predicted molar refractivity (Wildman–Crippen MR) is 86.6 cm³/mol. The van der Waals surface area contributed by atoms with E-state index in [0.29, 0.717) is 12.4 Å². The van der Waals surface area contributed by atoms with E-state index in [4.69, 9.17) is 0 Å². The number of halogens is 1. The van der Waals surface area contributed by atoms with Gasteiger partial charge in [-0.3, -0.25) is 0 Å². The van der Waals surface area contributed by atoms with E-state index in [1.54, 1.807) is 0 Å². The van der Waals surface area contributed by atoms with Crippen LogP contribution in [-0.4, -0.2) is 9.67 Å². The molecular formula is C16H14INO. The van der Waals surface area contributed by atoms with Crippen LogP contribution in [0.3, 0.4) is 0 Å². The van der Waals surface area contributed by atoms with E-state index in [0.717, 1.165) is 14.3 Å². The molecular weight excluding hydrogens is 349 g/mol. The van der Waals surface area contributed by atoms with Gasteiger partial charge in [-0.1, -0.05) is 42.0 Å². The van der Waals surface area contributed by atoms with Crippen LogP contribution >= 0.6 is 22.6 Å². The first kappa shape index (κ1) is 12.5. The third kappa shape index (κ3) is 2.34. The molecule has 1 aromatic heterocycles. The molecule has 0 radical (unpaired) electrons. The van der Waals surface area contributed by atoms with Crippen molar-refractivity contribution in [1.82, 2.24) is 4.57 Å². The Bertz CT molecular complexity index is 746. The zero-order chi connectivity index (χ0) is 13.4. The van der Waals surface area contributed by atoms with E-state index in [1.807, 2.05) is 29.0 Å². The highest BCUT2D eigenvalue weighted by molar-refractivity contribution is 14.1. The normalized spacial score (nSPS) is 11.1. The summed E-state index contributed by atoms with van der Waals surface area (Å²) in [5.41, 5.74) is 2.44. The third-order valence-electron chi connectivity index (χ3n) is 3.27. The lowest BCUT2D eigenvalue weighted by Crippen LogP contribution is -1.97. The molecule has 1 heterocycles. The van der Waals surface area contributed by atoms with Gasteiger partial charge in [0.2, 0.25) is 0 Å². The summed E-state index contributed by atoms with van der Waals surface area (Å²) in [5, 5.41) is 12.4. The molecule has 3 heteroatoms. The highest BCUT2D eigenvalue weighted by atomic mass is 127. The quantitative estimate of drug-likeness (QED) is 0.675. The van der Waals surface area contributed by atoms with Crippen molar-refractivity contribution in [2.75, 3.05) is 0 Å². The predicted octanol–water partition coefficient (Wildman–Crippen LogP) is 4.31. The minimum absolute atomic E-state index is 0.349. The summed E-state index contributed by atoms with van der Waals surface area (Å²) in [5.74, 6) is 0.349. The van der Waals surface area contributed by atoms with Gasteiger partial charge in [-0.25, -0.2) is 0 Å². The van der Waals surface area contributed by atoms with Crippen molar-refractivity contribution in [2.45, 2.75) is 13.5 Å². The summed E-state index contributed by atoms with van der Waals surface area (Å²) in [6.45, 7) is 2.77. The average molecular weight is 363 g/mol.